The van der Waals surface area contributed by atoms with Gasteiger partial charge in [-0.3, -0.25) is 5.92 Å². The second kappa shape index (κ2) is 5.84. The van der Waals surface area contributed by atoms with Crippen molar-refractivity contribution in [1.82, 2.24) is 0 Å². The third-order valence-corrected chi connectivity index (χ3v) is 1.28. The van der Waals surface area contributed by atoms with Crippen LogP contribution in [0.15, 0.2) is 0 Å². The van der Waals surface area contributed by atoms with Gasteiger partial charge in [-0.25, -0.2) is 0 Å². The first-order valence-corrected chi connectivity index (χ1v) is 2.81. The molecule has 0 amide bonds. The van der Waals surface area contributed by atoms with E-state index in [4.69, 9.17) is 0 Å². The van der Waals surface area contributed by atoms with Gasteiger partial charge in [0.2, 0.25) is 0 Å². The van der Waals surface area contributed by atoms with Gasteiger partial charge in [-0.1, -0.05) is 19.8 Å². The van der Waals surface area contributed by atoms with Crippen molar-refractivity contribution in [3.8, 4) is 0 Å². The predicted octanol–water partition coefficient (Wildman–Crippen LogP) is 2.31. The van der Waals surface area contributed by atoms with Gasteiger partial charge in [0, 0.05) is 0 Å². The SMILES string of the molecule is [CH2-][C@H]([CH-]C)C(C)C.[Ti+2]. The van der Waals surface area contributed by atoms with E-state index in [1.165, 1.54) is 0 Å². The van der Waals surface area contributed by atoms with E-state index in [1.54, 1.807) is 0 Å². The molecule has 0 nitrogen and oxygen atoms in total. The Labute approximate surface area is 67.9 Å². The quantitative estimate of drug-likeness (QED) is 0.414. The van der Waals surface area contributed by atoms with E-state index >= 15 is 0 Å². The molecular formula is C7H14Ti. The first-order chi connectivity index (χ1) is 3.18. The molecule has 8 heavy (non-hydrogen) atoms. The molecule has 0 saturated carbocycles. The van der Waals surface area contributed by atoms with Gasteiger partial charge in [-0.05, 0) is 0 Å². The van der Waals surface area contributed by atoms with Crippen LogP contribution in [0.5, 0.6) is 0 Å². The summed E-state index contributed by atoms with van der Waals surface area (Å²) in [6, 6.07) is 0. The number of hydrogen-bond acceptors (Lipinski definition) is 0. The number of rotatable bonds is 2. The van der Waals surface area contributed by atoms with Gasteiger partial charge >= 0.3 is 21.7 Å². The van der Waals surface area contributed by atoms with Crippen LogP contribution in [0, 0.1) is 25.2 Å². The Morgan fingerprint density at radius 1 is 1.38 bits per heavy atom. The summed E-state index contributed by atoms with van der Waals surface area (Å²) in [6.45, 7) is 10.3. The molecule has 0 saturated heterocycles. The molecular weight excluding hydrogens is 132 g/mol. The molecule has 1 atom stereocenters. The minimum absolute atomic E-state index is 0. The van der Waals surface area contributed by atoms with Gasteiger partial charge in [0.1, 0.15) is 0 Å². The van der Waals surface area contributed by atoms with Crippen LogP contribution in [-0.2, 0) is 21.7 Å². The van der Waals surface area contributed by atoms with Gasteiger partial charge in [-0.15, -0.1) is 0 Å². The van der Waals surface area contributed by atoms with E-state index in [2.05, 4.69) is 34.1 Å². The molecule has 0 unspecified atom stereocenters. The van der Waals surface area contributed by atoms with E-state index in [9.17, 15) is 0 Å². The molecule has 1 heteroatoms. The van der Waals surface area contributed by atoms with Crippen molar-refractivity contribution >= 4 is 0 Å². The molecule has 0 aliphatic heterocycles. The minimum atomic E-state index is 0. The number of hydrogen-bond donors (Lipinski definition) is 0. The molecule has 0 N–H and O–H groups in total. The molecule has 0 spiro atoms. The predicted molar refractivity (Wildman–Crippen MR) is 33.7 cm³/mol. The summed E-state index contributed by atoms with van der Waals surface area (Å²) in [5.41, 5.74) is 0. The average Bonchev–Trinajstić information content (AvgIpc) is 1.65. The zero-order valence-electron chi connectivity index (χ0n) is 5.94. The normalized spacial score (nSPS) is 13.1. The van der Waals surface area contributed by atoms with Crippen molar-refractivity contribution in [2.24, 2.45) is 11.8 Å². The fraction of sp³-hybridized carbons (Fsp3) is 0.714. The molecule has 0 aromatic rings. The molecule has 0 aliphatic rings. The third-order valence-electron chi connectivity index (χ3n) is 1.28. The van der Waals surface area contributed by atoms with E-state index in [1.807, 2.05) is 0 Å². The topological polar surface area (TPSA) is 0 Å². The molecule has 46 valence electrons. The maximum absolute atomic E-state index is 3.90. The van der Waals surface area contributed by atoms with Crippen LogP contribution in [0.2, 0.25) is 0 Å². The largest absolute Gasteiger partial charge is 2.00 e. The second-order valence-electron chi connectivity index (χ2n) is 2.24. The monoisotopic (exact) mass is 146 g/mol. The summed E-state index contributed by atoms with van der Waals surface area (Å²) < 4.78 is 0. The van der Waals surface area contributed by atoms with Crippen molar-refractivity contribution in [2.75, 3.05) is 0 Å². The second-order valence-corrected chi connectivity index (χ2v) is 2.24. The third kappa shape index (κ3) is 4.86. The van der Waals surface area contributed by atoms with Crippen LogP contribution >= 0.6 is 0 Å². The van der Waals surface area contributed by atoms with Crippen molar-refractivity contribution in [3.05, 3.63) is 13.3 Å². The van der Waals surface area contributed by atoms with Crippen LogP contribution in [-0.4, -0.2) is 0 Å². The first-order valence-electron chi connectivity index (χ1n) is 2.81. The van der Waals surface area contributed by atoms with Crippen LogP contribution in [0.1, 0.15) is 20.8 Å². The Bertz CT molecular complexity index is 41.7. The van der Waals surface area contributed by atoms with Gasteiger partial charge in [0.05, 0.1) is 0 Å². The van der Waals surface area contributed by atoms with E-state index in [0.29, 0.717) is 11.8 Å². The molecule has 0 aliphatic carbocycles. The Balaban J connectivity index is 0. The van der Waals surface area contributed by atoms with Crippen molar-refractivity contribution in [3.63, 3.8) is 0 Å². The fourth-order valence-corrected chi connectivity index (χ4v) is 0.385. The average molecular weight is 146 g/mol. The summed E-state index contributed by atoms with van der Waals surface area (Å²) in [7, 11) is 0. The smallest absolute Gasteiger partial charge is 0.369 e. The van der Waals surface area contributed by atoms with Crippen molar-refractivity contribution < 1.29 is 21.7 Å². The van der Waals surface area contributed by atoms with Crippen LogP contribution in [0.3, 0.4) is 0 Å². The molecule has 0 fully saturated rings. The summed E-state index contributed by atoms with van der Waals surface area (Å²) >= 11 is 0. The van der Waals surface area contributed by atoms with Gasteiger partial charge in [0.15, 0.2) is 0 Å². The zero-order valence-corrected chi connectivity index (χ0v) is 7.50. The maximum Gasteiger partial charge on any atom is 2.00 e. The van der Waals surface area contributed by atoms with Crippen molar-refractivity contribution in [2.45, 2.75) is 20.8 Å². The molecule has 0 aromatic carbocycles. The Kier molecular flexibility index (Phi) is 8.40. The molecule has 0 radical (unpaired) electrons. The van der Waals surface area contributed by atoms with E-state index in [-0.39, 0.29) is 21.7 Å². The Morgan fingerprint density at radius 2 is 1.75 bits per heavy atom. The molecule has 0 heterocycles. The standard InChI is InChI=1S/C7H14.Ti/c1-5-7(4)6(2)3;/h5-7H,4H2,1-3H3;/q-2;+2/t7-;/m1./s1. The van der Waals surface area contributed by atoms with Crippen LogP contribution in [0.4, 0.5) is 0 Å². The molecule has 0 bridgehead atoms. The Hall–Kier alpha value is 0.714. The molecule has 0 rings (SSSR count). The Morgan fingerprint density at radius 3 is 1.75 bits per heavy atom. The van der Waals surface area contributed by atoms with Gasteiger partial charge in [-0.2, -0.15) is 6.92 Å². The zero-order chi connectivity index (χ0) is 5.86. The summed E-state index contributed by atoms with van der Waals surface area (Å²) in [5.74, 6) is 1.23. The summed E-state index contributed by atoms with van der Waals surface area (Å²) in [5, 5.41) is 0. The van der Waals surface area contributed by atoms with Crippen molar-refractivity contribution in [1.29, 1.82) is 0 Å². The van der Waals surface area contributed by atoms with Crippen LogP contribution in [0.25, 0.3) is 0 Å². The van der Waals surface area contributed by atoms with E-state index in [0.717, 1.165) is 0 Å². The van der Waals surface area contributed by atoms with Gasteiger partial charge in [0.25, 0.3) is 0 Å². The summed E-state index contributed by atoms with van der Waals surface area (Å²) in [4.78, 5) is 0. The summed E-state index contributed by atoms with van der Waals surface area (Å²) in [6.07, 6.45) is 2.13. The maximum atomic E-state index is 3.90. The van der Waals surface area contributed by atoms with E-state index < -0.39 is 0 Å². The van der Waals surface area contributed by atoms with Crippen LogP contribution < -0.4 is 0 Å². The minimum Gasteiger partial charge on any atom is -0.369 e. The first kappa shape index (κ1) is 11.5. The fourth-order valence-electron chi connectivity index (χ4n) is 0.385. The molecule has 0 aromatic heterocycles. The van der Waals surface area contributed by atoms with Gasteiger partial charge < -0.3 is 13.3 Å².